The summed E-state index contributed by atoms with van der Waals surface area (Å²) in [7, 11) is 2.36. The number of hydrogen-bond acceptors (Lipinski definition) is 4. The van der Waals surface area contributed by atoms with E-state index in [1.165, 1.54) is 7.11 Å². The number of ether oxygens (including phenoxy) is 1. The maximum atomic E-state index is 12.9. The van der Waals surface area contributed by atoms with Crippen molar-refractivity contribution < 1.29 is 22.7 Å². The molecule has 1 aromatic rings. The van der Waals surface area contributed by atoms with Gasteiger partial charge >= 0.3 is 0 Å². The van der Waals surface area contributed by atoms with Crippen LogP contribution in [0.4, 0.5) is 4.39 Å². The van der Waals surface area contributed by atoms with Crippen molar-refractivity contribution in [1.29, 1.82) is 0 Å². The molecule has 1 N–H and O–H groups in total. The average molecular weight is 255 g/mol. The van der Waals surface area contributed by atoms with E-state index in [4.69, 9.17) is 10.7 Å². The summed E-state index contributed by atoms with van der Waals surface area (Å²) in [5.41, 5.74) is -0.137. The second-order valence-corrected chi connectivity index (χ2v) is 5.58. The fourth-order valence-electron chi connectivity index (χ4n) is 1.08. The summed E-state index contributed by atoms with van der Waals surface area (Å²) in [5.74, 6) is -1.93. The Hall–Kier alpha value is -1.01. The zero-order valence-corrected chi connectivity index (χ0v) is 9.27. The number of halogens is 2. The highest BCUT2D eigenvalue weighted by molar-refractivity contribution is 8.13. The summed E-state index contributed by atoms with van der Waals surface area (Å²) in [6, 6.07) is 1.83. The minimum Gasteiger partial charge on any atom is -0.504 e. The van der Waals surface area contributed by atoms with Crippen LogP contribution in [0.1, 0.15) is 5.56 Å². The third-order valence-electron chi connectivity index (χ3n) is 1.67. The molecule has 0 atom stereocenters. The quantitative estimate of drug-likeness (QED) is 0.833. The first-order valence-corrected chi connectivity index (χ1v) is 6.29. The van der Waals surface area contributed by atoms with Crippen LogP contribution in [0.5, 0.6) is 11.5 Å². The number of hydrogen-bond donors (Lipinski definition) is 1. The fraction of sp³-hybridized carbons (Fsp3) is 0.250. The minimum atomic E-state index is -3.85. The van der Waals surface area contributed by atoms with Gasteiger partial charge in [-0.2, -0.15) is 0 Å². The zero-order valence-electron chi connectivity index (χ0n) is 7.70. The smallest absolute Gasteiger partial charge is 0.236 e. The fourth-order valence-corrected chi connectivity index (χ4v) is 2.02. The Labute approximate surface area is 90.7 Å². The van der Waals surface area contributed by atoms with Crippen LogP contribution >= 0.6 is 10.7 Å². The normalized spacial score (nSPS) is 11.4. The maximum absolute atomic E-state index is 12.9. The second kappa shape index (κ2) is 4.24. The summed E-state index contributed by atoms with van der Waals surface area (Å²) in [4.78, 5) is 0. The summed E-state index contributed by atoms with van der Waals surface area (Å²) in [5, 5.41) is 9.46. The molecule has 0 saturated carbocycles. The molecule has 0 radical (unpaired) electrons. The minimum absolute atomic E-state index is 0.134. The molecule has 15 heavy (non-hydrogen) atoms. The lowest BCUT2D eigenvalue weighted by atomic mass is 10.2. The lowest BCUT2D eigenvalue weighted by Crippen LogP contribution is -1.98. The van der Waals surface area contributed by atoms with E-state index in [9.17, 15) is 17.9 Å². The monoisotopic (exact) mass is 254 g/mol. The summed E-state index contributed by atoms with van der Waals surface area (Å²) >= 11 is 0. The van der Waals surface area contributed by atoms with Gasteiger partial charge in [-0.05, 0) is 6.07 Å². The predicted octanol–water partition coefficient (Wildman–Crippen LogP) is 1.61. The molecule has 0 aliphatic rings. The van der Waals surface area contributed by atoms with E-state index in [-0.39, 0.29) is 11.3 Å². The number of aromatic hydroxyl groups is 1. The molecule has 0 saturated heterocycles. The van der Waals surface area contributed by atoms with Crippen molar-refractivity contribution in [3.05, 3.63) is 23.5 Å². The van der Waals surface area contributed by atoms with Crippen molar-refractivity contribution in [3.63, 3.8) is 0 Å². The van der Waals surface area contributed by atoms with Crippen LogP contribution in [-0.4, -0.2) is 20.6 Å². The number of benzene rings is 1. The van der Waals surface area contributed by atoms with Crippen LogP contribution in [0.15, 0.2) is 12.1 Å². The molecule has 0 aromatic heterocycles. The molecule has 0 amide bonds. The molecule has 0 spiro atoms. The molecule has 0 unspecified atom stereocenters. The van der Waals surface area contributed by atoms with E-state index in [1.54, 1.807) is 0 Å². The van der Waals surface area contributed by atoms with Crippen LogP contribution in [0.3, 0.4) is 0 Å². The molecule has 0 fully saturated rings. The Balaban J connectivity index is 3.24. The van der Waals surface area contributed by atoms with E-state index in [2.05, 4.69) is 4.74 Å². The van der Waals surface area contributed by atoms with Crippen LogP contribution in [0, 0.1) is 5.82 Å². The molecule has 84 valence electrons. The van der Waals surface area contributed by atoms with Gasteiger partial charge in [0.05, 0.1) is 12.9 Å². The zero-order chi connectivity index (χ0) is 11.6. The Morgan fingerprint density at radius 2 is 2.13 bits per heavy atom. The highest BCUT2D eigenvalue weighted by atomic mass is 35.7. The highest BCUT2D eigenvalue weighted by Crippen LogP contribution is 2.32. The Bertz CT molecular complexity index is 472. The summed E-state index contributed by atoms with van der Waals surface area (Å²) < 4.78 is 39.1. The van der Waals surface area contributed by atoms with Crippen molar-refractivity contribution in [2.45, 2.75) is 5.75 Å². The lowest BCUT2D eigenvalue weighted by Gasteiger charge is -2.07. The third kappa shape index (κ3) is 3.24. The molecule has 0 aliphatic heterocycles. The van der Waals surface area contributed by atoms with Gasteiger partial charge < -0.3 is 9.84 Å². The Morgan fingerprint density at radius 1 is 1.53 bits per heavy atom. The standard InChI is InChI=1S/C8H8ClFO4S/c1-14-7-3-6(10)2-5(8(7)11)4-15(9,12)13/h2-3,11H,4H2,1H3. The summed E-state index contributed by atoms with van der Waals surface area (Å²) in [6.07, 6.45) is 0. The maximum Gasteiger partial charge on any atom is 0.236 e. The second-order valence-electron chi connectivity index (χ2n) is 2.80. The van der Waals surface area contributed by atoms with Gasteiger partial charge in [0.2, 0.25) is 9.05 Å². The third-order valence-corrected chi connectivity index (χ3v) is 2.65. The van der Waals surface area contributed by atoms with Crippen molar-refractivity contribution >= 4 is 19.7 Å². The van der Waals surface area contributed by atoms with Gasteiger partial charge in [-0.1, -0.05) is 0 Å². The van der Waals surface area contributed by atoms with E-state index in [1.807, 2.05) is 0 Å². The van der Waals surface area contributed by atoms with Crippen molar-refractivity contribution in [2.75, 3.05) is 7.11 Å². The molecule has 0 aliphatic carbocycles. The predicted molar refractivity (Wildman–Crippen MR) is 53.1 cm³/mol. The molecule has 1 aromatic carbocycles. The van der Waals surface area contributed by atoms with Crippen molar-refractivity contribution in [3.8, 4) is 11.5 Å². The molecule has 7 heteroatoms. The number of rotatable bonds is 3. The van der Waals surface area contributed by atoms with Gasteiger partial charge in [0.1, 0.15) is 5.82 Å². The van der Waals surface area contributed by atoms with Crippen molar-refractivity contribution in [1.82, 2.24) is 0 Å². The topological polar surface area (TPSA) is 63.6 Å². The van der Waals surface area contributed by atoms with Crippen LogP contribution in [-0.2, 0) is 14.8 Å². The molecule has 0 heterocycles. The summed E-state index contributed by atoms with van der Waals surface area (Å²) in [6.45, 7) is 0. The van der Waals surface area contributed by atoms with Crippen molar-refractivity contribution in [2.24, 2.45) is 0 Å². The van der Waals surface area contributed by atoms with Gasteiger partial charge in [0.15, 0.2) is 11.5 Å². The molecular formula is C8H8ClFO4S. The largest absolute Gasteiger partial charge is 0.504 e. The van der Waals surface area contributed by atoms with Gasteiger partial charge in [0.25, 0.3) is 0 Å². The number of phenolic OH excluding ortho intramolecular Hbond substituents is 1. The first kappa shape index (κ1) is 12.1. The molecule has 4 nitrogen and oxygen atoms in total. The average Bonchev–Trinajstić information content (AvgIpc) is 2.08. The lowest BCUT2D eigenvalue weighted by molar-refractivity contribution is 0.368. The van der Waals surface area contributed by atoms with Crippen LogP contribution in [0.25, 0.3) is 0 Å². The van der Waals surface area contributed by atoms with E-state index < -0.39 is 26.4 Å². The Morgan fingerprint density at radius 3 is 2.60 bits per heavy atom. The SMILES string of the molecule is COc1cc(F)cc(CS(=O)(=O)Cl)c1O. The molecule has 0 bridgehead atoms. The van der Waals surface area contributed by atoms with E-state index in [0.717, 1.165) is 12.1 Å². The van der Waals surface area contributed by atoms with Crippen LogP contribution in [0.2, 0.25) is 0 Å². The first-order chi connectivity index (χ1) is 6.83. The van der Waals surface area contributed by atoms with Gasteiger partial charge in [-0.15, -0.1) is 0 Å². The van der Waals surface area contributed by atoms with Crippen LogP contribution < -0.4 is 4.74 Å². The van der Waals surface area contributed by atoms with E-state index >= 15 is 0 Å². The van der Waals surface area contributed by atoms with E-state index in [0.29, 0.717) is 0 Å². The first-order valence-electron chi connectivity index (χ1n) is 3.81. The number of phenols is 1. The molecule has 1 rings (SSSR count). The highest BCUT2D eigenvalue weighted by Gasteiger charge is 2.16. The molecular weight excluding hydrogens is 247 g/mol. The van der Waals surface area contributed by atoms with Gasteiger partial charge in [-0.25, -0.2) is 12.8 Å². The van der Waals surface area contributed by atoms with Gasteiger partial charge in [0, 0.05) is 22.3 Å². The number of methoxy groups -OCH3 is 1. The van der Waals surface area contributed by atoms with Gasteiger partial charge in [-0.3, -0.25) is 0 Å². The Kier molecular flexibility index (Phi) is 3.41.